The van der Waals surface area contributed by atoms with Gasteiger partial charge in [0, 0.05) is 0 Å². The summed E-state index contributed by atoms with van der Waals surface area (Å²) in [5, 5.41) is 2.61. The first kappa shape index (κ1) is 18.8. The van der Waals surface area contributed by atoms with Crippen LogP contribution < -0.4 is 10.1 Å². The van der Waals surface area contributed by atoms with Gasteiger partial charge in [0.2, 0.25) is 5.91 Å². The number of amides is 1. The standard InChI is InChI=1S/C18H18F3NO3/c19-18(20,21)15-6-8-16(9-7-15)25-11-10-22-17(23)13-24-12-14-4-2-1-3-5-14/h1-9H,10-13H2,(H,22,23). The van der Waals surface area contributed by atoms with E-state index in [1.165, 1.54) is 12.1 Å². The molecule has 0 aliphatic carbocycles. The number of alkyl halides is 3. The lowest BCUT2D eigenvalue weighted by Gasteiger charge is -2.10. The van der Waals surface area contributed by atoms with Gasteiger partial charge in [-0.1, -0.05) is 30.3 Å². The lowest BCUT2D eigenvalue weighted by molar-refractivity contribution is -0.137. The predicted molar refractivity (Wildman–Crippen MR) is 86.0 cm³/mol. The molecule has 4 nitrogen and oxygen atoms in total. The van der Waals surface area contributed by atoms with Gasteiger partial charge in [0.25, 0.3) is 0 Å². The van der Waals surface area contributed by atoms with Gasteiger partial charge >= 0.3 is 6.18 Å². The molecule has 0 aromatic heterocycles. The van der Waals surface area contributed by atoms with Crippen LogP contribution in [0, 0.1) is 0 Å². The normalized spacial score (nSPS) is 11.2. The van der Waals surface area contributed by atoms with Crippen LogP contribution >= 0.6 is 0 Å². The van der Waals surface area contributed by atoms with Gasteiger partial charge in [0.15, 0.2) is 0 Å². The average molecular weight is 353 g/mol. The van der Waals surface area contributed by atoms with E-state index in [4.69, 9.17) is 9.47 Å². The molecule has 134 valence electrons. The van der Waals surface area contributed by atoms with Crippen LogP contribution in [0.3, 0.4) is 0 Å². The number of benzene rings is 2. The Hall–Kier alpha value is -2.54. The van der Waals surface area contributed by atoms with E-state index in [9.17, 15) is 18.0 Å². The molecule has 1 amide bonds. The molecule has 0 aliphatic heterocycles. The molecule has 2 aromatic rings. The summed E-state index contributed by atoms with van der Waals surface area (Å²) in [4.78, 5) is 11.6. The fraction of sp³-hybridized carbons (Fsp3) is 0.278. The number of carbonyl (C=O) groups is 1. The SMILES string of the molecule is O=C(COCc1ccccc1)NCCOc1ccc(C(F)(F)F)cc1. The zero-order valence-corrected chi connectivity index (χ0v) is 13.4. The average Bonchev–Trinajstić information content (AvgIpc) is 2.59. The molecule has 0 bridgehead atoms. The Morgan fingerprint density at radius 3 is 2.32 bits per heavy atom. The van der Waals surface area contributed by atoms with Gasteiger partial charge < -0.3 is 14.8 Å². The quantitative estimate of drug-likeness (QED) is 0.740. The molecule has 0 spiro atoms. The van der Waals surface area contributed by atoms with E-state index in [-0.39, 0.29) is 25.7 Å². The Bertz CT molecular complexity index is 658. The monoisotopic (exact) mass is 353 g/mol. The highest BCUT2D eigenvalue weighted by atomic mass is 19.4. The number of hydrogen-bond acceptors (Lipinski definition) is 3. The summed E-state index contributed by atoms with van der Waals surface area (Å²) >= 11 is 0. The van der Waals surface area contributed by atoms with E-state index in [0.717, 1.165) is 17.7 Å². The van der Waals surface area contributed by atoms with E-state index in [0.29, 0.717) is 12.4 Å². The van der Waals surface area contributed by atoms with Gasteiger partial charge in [-0.2, -0.15) is 13.2 Å². The summed E-state index contributed by atoms with van der Waals surface area (Å²) in [5.41, 5.74) is 0.240. The molecule has 1 N–H and O–H groups in total. The molecule has 7 heteroatoms. The molecule has 0 heterocycles. The fourth-order valence-corrected chi connectivity index (χ4v) is 1.99. The Kier molecular flexibility index (Phi) is 6.82. The van der Waals surface area contributed by atoms with Gasteiger partial charge in [-0.25, -0.2) is 0 Å². The second-order valence-electron chi connectivity index (χ2n) is 5.20. The summed E-state index contributed by atoms with van der Waals surface area (Å²) in [6, 6.07) is 13.9. The van der Waals surface area contributed by atoms with Crippen molar-refractivity contribution in [2.24, 2.45) is 0 Å². The molecule has 0 unspecified atom stereocenters. The van der Waals surface area contributed by atoms with Crippen LogP contribution in [0.25, 0.3) is 0 Å². The molecule has 2 aromatic carbocycles. The highest BCUT2D eigenvalue weighted by molar-refractivity contribution is 5.77. The maximum Gasteiger partial charge on any atom is 0.416 e. The zero-order chi connectivity index (χ0) is 18.1. The van der Waals surface area contributed by atoms with Gasteiger partial charge in [0.1, 0.15) is 19.0 Å². The number of nitrogens with one attached hydrogen (secondary N) is 1. The topological polar surface area (TPSA) is 47.6 Å². The minimum atomic E-state index is -4.37. The lowest BCUT2D eigenvalue weighted by Crippen LogP contribution is -2.31. The fourth-order valence-electron chi connectivity index (χ4n) is 1.99. The highest BCUT2D eigenvalue weighted by Gasteiger charge is 2.29. The van der Waals surface area contributed by atoms with Crippen LogP contribution in [0.2, 0.25) is 0 Å². The molecule has 0 radical (unpaired) electrons. The Labute approximate surface area is 143 Å². The first-order valence-corrected chi connectivity index (χ1v) is 7.63. The highest BCUT2D eigenvalue weighted by Crippen LogP contribution is 2.30. The maximum atomic E-state index is 12.4. The Balaban J connectivity index is 1.60. The van der Waals surface area contributed by atoms with Crippen LogP contribution in [-0.2, 0) is 22.3 Å². The molecule has 0 atom stereocenters. The number of ether oxygens (including phenoxy) is 2. The van der Waals surface area contributed by atoms with E-state index < -0.39 is 11.7 Å². The van der Waals surface area contributed by atoms with Gasteiger partial charge in [-0.3, -0.25) is 4.79 Å². The second kappa shape index (κ2) is 9.08. The van der Waals surface area contributed by atoms with E-state index >= 15 is 0 Å². The third-order valence-electron chi connectivity index (χ3n) is 3.22. The molecule has 0 saturated carbocycles. The Morgan fingerprint density at radius 2 is 1.68 bits per heavy atom. The number of halogens is 3. The minimum Gasteiger partial charge on any atom is -0.492 e. The second-order valence-corrected chi connectivity index (χ2v) is 5.20. The predicted octanol–water partition coefficient (Wildman–Crippen LogP) is 3.42. The largest absolute Gasteiger partial charge is 0.492 e. The summed E-state index contributed by atoms with van der Waals surface area (Å²) in [5.74, 6) is 0.0227. The third kappa shape index (κ3) is 6.84. The molecule has 0 saturated heterocycles. The maximum absolute atomic E-state index is 12.4. The molecule has 2 rings (SSSR count). The molecule has 0 fully saturated rings. The summed E-state index contributed by atoms with van der Waals surface area (Å²) in [6.07, 6.45) is -4.37. The summed E-state index contributed by atoms with van der Waals surface area (Å²) in [7, 11) is 0. The molecule has 0 aliphatic rings. The van der Waals surface area contributed by atoms with Gasteiger partial charge in [-0.05, 0) is 29.8 Å². The van der Waals surface area contributed by atoms with E-state index in [1.54, 1.807) is 0 Å². The first-order valence-electron chi connectivity index (χ1n) is 7.63. The van der Waals surface area contributed by atoms with Crippen molar-refractivity contribution in [1.82, 2.24) is 5.32 Å². The van der Waals surface area contributed by atoms with Crippen LogP contribution in [0.15, 0.2) is 54.6 Å². The van der Waals surface area contributed by atoms with Crippen molar-refractivity contribution in [1.29, 1.82) is 0 Å². The van der Waals surface area contributed by atoms with Crippen molar-refractivity contribution in [3.63, 3.8) is 0 Å². The molecular weight excluding hydrogens is 335 g/mol. The smallest absolute Gasteiger partial charge is 0.416 e. The molecule has 25 heavy (non-hydrogen) atoms. The van der Waals surface area contributed by atoms with E-state index in [2.05, 4.69) is 5.32 Å². The number of rotatable bonds is 8. The molecular formula is C18H18F3NO3. The van der Waals surface area contributed by atoms with Gasteiger partial charge in [-0.15, -0.1) is 0 Å². The van der Waals surface area contributed by atoms with Crippen molar-refractivity contribution in [2.75, 3.05) is 19.8 Å². The first-order chi connectivity index (χ1) is 11.9. The zero-order valence-electron chi connectivity index (χ0n) is 13.4. The lowest BCUT2D eigenvalue weighted by atomic mass is 10.2. The van der Waals surface area contributed by atoms with Gasteiger partial charge in [0.05, 0.1) is 18.7 Å². The van der Waals surface area contributed by atoms with Crippen LogP contribution in [0.1, 0.15) is 11.1 Å². The Morgan fingerprint density at radius 1 is 1.00 bits per heavy atom. The van der Waals surface area contributed by atoms with Crippen LogP contribution in [-0.4, -0.2) is 25.7 Å². The van der Waals surface area contributed by atoms with E-state index in [1.807, 2.05) is 30.3 Å². The van der Waals surface area contributed by atoms with Crippen molar-refractivity contribution < 1.29 is 27.4 Å². The summed E-state index contributed by atoms with van der Waals surface area (Å²) < 4.78 is 47.8. The van der Waals surface area contributed by atoms with Crippen molar-refractivity contribution >= 4 is 5.91 Å². The van der Waals surface area contributed by atoms with Crippen LogP contribution in [0.4, 0.5) is 13.2 Å². The number of hydrogen-bond donors (Lipinski definition) is 1. The van der Waals surface area contributed by atoms with Crippen molar-refractivity contribution in [3.05, 3.63) is 65.7 Å². The van der Waals surface area contributed by atoms with Crippen molar-refractivity contribution in [2.45, 2.75) is 12.8 Å². The van der Waals surface area contributed by atoms with Crippen molar-refractivity contribution in [3.8, 4) is 5.75 Å². The third-order valence-corrected chi connectivity index (χ3v) is 3.22. The number of carbonyl (C=O) groups excluding carboxylic acids is 1. The van der Waals surface area contributed by atoms with Crippen LogP contribution in [0.5, 0.6) is 5.75 Å². The summed E-state index contributed by atoms with van der Waals surface area (Å²) in [6.45, 7) is 0.649. The minimum absolute atomic E-state index is 0.0742.